The molecule has 1 aliphatic carbocycles. The molecule has 102 valence electrons. The molecule has 0 aliphatic heterocycles. The molecule has 1 saturated carbocycles. The van der Waals surface area contributed by atoms with Gasteiger partial charge in [0.1, 0.15) is 5.82 Å². The standard InChI is InChI=1S/C14H16FNO3/c15-11-3-1-10(2-4-11)9-16(12-5-6-12)13(17)7-8-14(18)19/h1-4,12H,5-9H2,(H,18,19). The number of carboxylic acid groups (broad SMARTS) is 1. The molecule has 0 bridgehead atoms. The second kappa shape index (κ2) is 5.82. The van der Waals surface area contributed by atoms with Crippen LogP contribution in [0.1, 0.15) is 31.2 Å². The quantitative estimate of drug-likeness (QED) is 0.857. The number of aliphatic carboxylic acids is 1. The van der Waals surface area contributed by atoms with E-state index in [-0.39, 0.29) is 30.6 Å². The van der Waals surface area contributed by atoms with Crippen molar-refractivity contribution >= 4 is 11.9 Å². The summed E-state index contributed by atoms with van der Waals surface area (Å²) in [7, 11) is 0. The molecule has 1 aliphatic rings. The van der Waals surface area contributed by atoms with Crippen molar-refractivity contribution in [1.29, 1.82) is 0 Å². The topological polar surface area (TPSA) is 57.6 Å². The summed E-state index contributed by atoms with van der Waals surface area (Å²) in [5.74, 6) is -1.42. The molecule has 2 rings (SSSR count). The average molecular weight is 265 g/mol. The Hall–Kier alpha value is -1.91. The van der Waals surface area contributed by atoms with Crippen LogP contribution in [0.3, 0.4) is 0 Å². The van der Waals surface area contributed by atoms with Crippen molar-refractivity contribution in [3.8, 4) is 0 Å². The van der Waals surface area contributed by atoms with Gasteiger partial charge in [-0.05, 0) is 30.5 Å². The summed E-state index contributed by atoms with van der Waals surface area (Å²) in [5.41, 5.74) is 0.858. The number of carbonyl (C=O) groups excluding carboxylic acids is 1. The molecule has 0 aromatic heterocycles. The van der Waals surface area contributed by atoms with E-state index in [9.17, 15) is 14.0 Å². The maximum absolute atomic E-state index is 12.8. The van der Waals surface area contributed by atoms with Gasteiger partial charge in [0.15, 0.2) is 0 Å². The van der Waals surface area contributed by atoms with Gasteiger partial charge in [0.25, 0.3) is 0 Å². The number of benzene rings is 1. The zero-order valence-electron chi connectivity index (χ0n) is 10.5. The number of hydrogen-bond donors (Lipinski definition) is 1. The van der Waals surface area contributed by atoms with Crippen molar-refractivity contribution in [2.24, 2.45) is 0 Å². The van der Waals surface area contributed by atoms with Gasteiger partial charge in [0, 0.05) is 19.0 Å². The lowest BCUT2D eigenvalue weighted by molar-refractivity contribution is -0.141. The highest BCUT2D eigenvalue weighted by molar-refractivity contribution is 5.81. The summed E-state index contributed by atoms with van der Waals surface area (Å²) in [5, 5.41) is 8.61. The molecule has 1 fully saturated rings. The fraction of sp³-hybridized carbons (Fsp3) is 0.429. The van der Waals surface area contributed by atoms with Crippen LogP contribution in [0.2, 0.25) is 0 Å². The van der Waals surface area contributed by atoms with Crippen LogP contribution in [0, 0.1) is 5.82 Å². The Labute approximate surface area is 110 Å². The van der Waals surface area contributed by atoms with Crippen LogP contribution in [-0.2, 0) is 16.1 Å². The van der Waals surface area contributed by atoms with Crippen LogP contribution >= 0.6 is 0 Å². The number of rotatable bonds is 6. The predicted octanol–water partition coefficient (Wildman–Crippen LogP) is 2.18. The second-order valence-corrected chi connectivity index (χ2v) is 4.77. The Bertz CT molecular complexity index is 468. The summed E-state index contributed by atoms with van der Waals surface area (Å²) in [4.78, 5) is 24.2. The molecular formula is C14H16FNO3. The summed E-state index contributed by atoms with van der Waals surface area (Å²) >= 11 is 0. The van der Waals surface area contributed by atoms with Crippen LogP contribution in [0.5, 0.6) is 0 Å². The average Bonchev–Trinajstić information content (AvgIpc) is 3.19. The van der Waals surface area contributed by atoms with Crippen molar-refractivity contribution in [3.05, 3.63) is 35.6 Å². The molecular weight excluding hydrogens is 249 g/mol. The number of carboxylic acids is 1. The van der Waals surface area contributed by atoms with Gasteiger partial charge in [-0.3, -0.25) is 9.59 Å². The third-order valence-electron chi connectivity index (χ3n) is 3.13. The van der Waals surface area contributed by atoms with E-state index in [1.165, 1.54) is 12.1 Å². The lowest BCUT2D eigenvalue weighted by Gasteiger charge is -2.22. The lowest BCUT2D eigenvalue weighted by atomic mass is 10.2. The molecule has 1 aromatic carbocycles. The molecule has 0 spiro atoms. The van der Waals surface area contributed by atoms with Gasteiger partial charge in [-0.15, -0.1) is 0 Å². The minimum absolute atomic E-state index is 0.0209. The van der Waals surface area contributed by atoms with Crippen molar-refractivity contribution in [1.82, 2.24) is 4.90 Å². The Balaban J connectivity index is 1.97. The van der Waals surface area contributed by atoms with Crippen LogP contribution in [-0.4, -0.2) is 27.9 Å². The highest BCUT2D eigenvalue weighted by atomic mass is 19.1. The Morgan fingerprint density at radius 3 is 2.37 bits per heavy atom. The van der Waals surface area contributed by atoms with Crippen LogP contribution in [0.15, 0.2) is 24.3 Å². The number of halogens is 1. The van der Waals surface area contributed by atoms with E-state index in [1.54, 1.807) is 17.0 Å². The summed E-state index contributed by atoms with van der Waals surface area (Å²) in [6, 6.07) is 6.24. The molecule has 1 aromatic rings. The molecule has 4 nitrogen and oxygen atoms in total. The zero-order valence-corrected chi connectivity index (χ0v) is 10.5. The third-order valence-corrected chi connectivity index (χ3v) is 3.13. The van der Waals surface area contributed by atoms with Gasteiger partial charge in [-0.2, -0.15) is 0 Å². The van der Waals surface area contributed by atoms with Gasteiger partial charge in [0.05, 0.1) is 6.42 Å². The predicted molar refractivity (Wildman–Crippen MR) is 66.8 cm³/mol. The first-order valence-corrected chi connectivity index (χ1v) is 6.32. The number of nitrogens with zero attached hydrogens (tertiary/aromatic N) is 1. The first-order chi connectivity index (χ1) is 9.06. The molecule has 0 saturated heterocycles. The molecule has 1 amide bonds. The maximum atomic E-state index is 12.8. The number of amides is 1. The SMILES string of the molecule is O=C(O)CCC(=O)N(Cc1ccc(F)cc1)C1CC1. The van der Waals surface area contributed by atoms with Gasteiger partial charge in [-0.25, -0.2) is 4.39 Å². The summed E-state index contributed by atoms with van der Waals surface area (Å²) < 4.78 is 12.8. The van der Waals surface area contributed by atoms with Gasteiger partial charge in [-0.1, -0.05) is 12.1 Å². The Kier molecular flexibility index (Phi) is 4.14. The number of hydrogen-bond acceptors (Lipinski definition) is 2. The van der Waals surface area contributed by atoms with Crippen molar-refractivity contribution in [2.75, 3.05) is 0 Å². The van der Waals surface area contributed by atoms with E-state index in [2.05, 4.69) is 0 Å². The van der Waals surface area contributed by atoms with Crippen molar-refractivity contribution < 1.29 is 19.1 Å². The molecule has 5 heteroatoms. The molecule has 0 unspecified atom stereocenters. The molecule has 0 heterocycles. The molecule has 19 heavy (non-hydrogen) atoms. The van der Waals surface area contributed by atoms with Gasteiger partial charge in [0.2, 0.25) is 5.91 Å². The monoisotopic (exact) mass is 265 g/mol. The minimum Gasteiger partial charge on any atom is -0.481 e. The van der Waals surface area contributed by atoms with Gasteiger partial charge >= 0.3 is 5.97 Å². The highest BCUT2D eigenvalue weighted by Gasteiger charge is 2.32. The minimum atomic E-state index is -0.967. The lowest BCUT2D eigenvalue weighted by Crippen LogP contribution is -2.32. The largest absolute Gasteiger partial charge is 0.481 e. The van der Waals surface area contributed by atoms with Crippen molar-refractivity contribution in [2.45, 2.75) is 38.3 Å². The van der Waals surface area contributed by atoms with Crippen LogP contribution < -0.4 is 0 Å². The zero-order chi connectivity index (χ0) is 13.8. The van der Waals surface area contributed by atoms with E-state index in [4.69, 9.17) is 5.11 Å². The van der Waals surface area contributed by atoms with E-state index in [0.29, 0.717) is 6.54 Å². The van der Waals surface area contributed by atoms with Crippen molar-refractivity contribution in [3.63, 3.8) is 0 Å². The fourth-order valence-corrected chi connectivity index (χ4v) is 1.95. The maximum Gasteiger partial charge on any atom is 0.303 e. The third kappa shape index (κ3) is 4.05. The fourth-order valence-electron chi connectivity index (χ4n) is 1.95. The van der Waals surface area contributed by atoms with Gasteiger partial charge < -0.3 is 10.0 Å². The molecule has 1 N–H and O–H groups in total. The van der Waals surface area contributed by atoms with E-state index < -0.39 is 5.97 Å². The highest BCUT2D eigenvalue weighted by Crippen LogP contribution is 2.29. The Morgan fingerprint density at radius 1 is 1.21 bits per heavy atom. The van der Waals surface area contributed by atoms with Crippen LogP contribution in [0.25, 0.3) is 0 Å². The smallest absolute Gasteiger partial charge is 0.303 e. The van der Waals surface area contributed by atoms with E-state index in [1.807, 2.05) is 0 Å². The van der Waals surface area contributed by atoms with E-state index in [0.717, 1.165) is 18.4 Å². The summed E-state index contributed by atoms with van der Waals surface area (Å²) in [6.07, 6.45) is 1.79. The first-order valence-electron chi connectivity index (χ1n) is 6.32. The van der Waals surface area contributed by atoms with E-state index >= 15 is 0 Å². The number of carbonyl (C=O) groups is 2. The second-order valence-electron chi connectivity index (χ2n) is 4.77. The normalized spacial score (nSPS) is 14.2. The molecule has 0 atom stereocenters. The Morgan fingerprint density at radius 2 is 1.84 bits per heavy atom. The summed E-state index contributed by atoms with van der Waals surface area (Å²) in [6.45, 7) is 0.420. The first kappa shape index (κ1) is 13.5. The van der Waals surface area contributed by atoms with Crippen LogP contribution in [0.4, 0.5) is 4.39 Å². The molecule has 0 radical (unpaired) electrons.